The molecule has 2 atom stereocenters. The summed E-state index contributed by atoms with van der Waals surface area (Å²) in [5.41, 5.74) is 2.60. The van der Waals surface area contributed by atoms with Gasteiger partial charge in [-0.3, -0.25) is 14.8 Å². The number of rotatable bonds is 6. The van der Waals surface area contributed by atoms with Crippen LogP contribution in [0.1, 0.15) is 31.5 Å². The fourth-order valence-corrected chi connectivity index (χ4v) is 3.77. The maximum absolute atomic E-state index is 10.6. The molecule has 0 amide bonds. The molecule has 0 radical (unpaired) electrons. The summed E-state index contributed by atoms with van der Waals surface area (Å²) in [7, 11) is 2.28. The summed E-state index contributed by atoms with van der Waals surface area (Å²) in [6, 6.07) is 18.8. The quantitative estimate of drug-likeness (QED) is 0.495. The van der Waals surface area contributed by atoms with Crippen LogP contribution in [0.5, 0.6) is 0 Å². The van der Waals surface area contributed by atoms with Crippen LogP contribution in [0.2, 0.25) is 0 Å². The molecule has 13 heteroatoms. The highest BCUT2D eigenvalue weighted by atomic mass is 19.4. The molecular formula is C25H31F6N3O4. The van der Waals surface area contributed by atoms with Gasteiger partial charge < -0.3 is 10.2 Å². The molecule has 0 unspecified atom stereocenters. The Balaban J connectivity index is 0.000000426. The van der Waals surface area contributed by atoms with Gasteiger partial charge in [-0.25, -0.2) is 9.59 Å². The van der Waals surface area contributed by atoms with Crippen LogP contribution in [0, 0.1) is 0 Å². The van der Waals surface area contributed by atoms with E-state index in [0.29, 0.717) is 18.1 Å². The van der Waals surface area contributed by atoms with E-state index in [4.69, 9.17) is 19.8 Å². The number of nitrogens with zero attached hydrogens (tertiary/aromatic N) is 3. The van der Waals surface area contributed by atoms with Gasteiger partial charge >= 0.3 is 24.3 Å². The van der Waals surface area contributed by atoms with Crippen LogP contribution in [0.3, 0.4) is 0 Å². The number of aliphatic carboxylic acids is 2. The number of hydrogen-bond acceptors (Lipinski definition) is 5. The number of pyridine rings is 1. The largest absolute Gasteiger partial charge is 0.490 e. The lowest BCUT2D eigenvalue weighted by atomic mass is 9.98. The number of carbonyl (C=O) groups is 2. The lowest BCUT2D eigenvalue weighted by Crippen LogP contribution is -2.47. The second-order valence-corrected chi connectivity index (χ2v) is 8.77. The van der Waals surface area contributed by atoms with E-state index in [1.165, 1.54) is 17.7 Å². The van der Waals surface area contributed by atoms with Crippen molar-refractivity contribution in [3.05, 3.63) is 66.0 Å². The van der Waals surface area contributed by atoms with Gasteiger partial charge in [0.1, 0.15) is 0 Å². The summed E-state index contributed by atoms with van der Waals surface area (Å²) in [5.74, 6) is -5.51. The Bertz CT molecular complexity index is 964. The lowest BCUT2D eigenvalue weighted by molar-refractivity contribution is -0.193. The second kappa shape index (κ2) is 14.7. The van der Waals surface area contributed by atoms with E-state index < -0.39 is 24.3 Å². The smallest absolute Gasteiger partial charge is 0.475 e. The summed E-state index contributed by atoms with van der Waals surface area (Å²) >= 11 is 0. The number of likely N-dealkylation sites (N-methyl/N-ethyl adjacent to an activating group) is 1. The Morgan fingerprint density at radius 2 is 1.47 bits per heavy atom. The predicted octanol–water partition coefficient (Wildman–Crippen LogP) is 4.87. The Labute approximate surface area is 216 Å². The first-order chi connectivity index (χ1) is 17.5. The van der Waals surface area contributed by atoms with Gasteiger partial charge in [-0.2, -0.15) is 26.3 Å². The van der Waals surface area contributed by atoms with Crippen LogP contribution in [0.4, 0.5) is 26.3 Å². The van der Waals surface area contributed by atoms with Crippen LogP contribution < -0.4 is 0 Å². The van der Waals surface area contributed by atoms with Gasteiger partial charge in [0, 0.05) is 37.4 Å². The summed E-state index contributed by atoms with van der Waals surface area (Å²) in [6.07, 6.45) is -5.93. The van der Waals surface area contributed by atoms with Gasteiger partial charge in [-0.05, 0) is 51.4 Å². The minimum absolute atomic E-state index is 0.543. The molecule has 0 saturated carbocycles. The van der Waals surface area contributed by atoms with Crippen molar-refractivity contribution in [2.75, 3.05) is 13.6 Å². The van der Waals surface area contributed by atoms with Crippen molar-refractivity contribution in [2.45, 2.75) is 63.7 Å². The molecule has 212 valence electrons. The van der Waals surface area contributed by atoms with Crippen LogP contribution in [-0.2, 0) is 22.6 Å². The zero-order valence-corrected chi connectivity index (χ0v) is 21.1. The van der Waals surface area contributed by atoms with E-state index in [9.17, 15) is 26.3 Å². The molecule has 2 N–H and O–H groups in total. The number of alkyl halides is 6. The first-order valence-corrected chi connectivity index (χ1v) is 11.5. The molecule has 1 fully saturated rings. The van der Waals surface area contributed by atoms with E-state index in [0.717, 1.165) is 19.5 Å². The van der Waals surface area contributed by atoms with Crippen molar-refractivity contribution in [3.63, 3.8) is 0 Å². The molecule has 7 nitrogen and oxygen atoms in total. The third-order valence-corrected chi connectivity index (χ3v) is 5.83. The highest BCUT2D eigenvalue weighted by molar-refractivity contribution is 5.73. The van der Waals surface area contributed by atoms with Crippen LogP contribution in [0.15, 0.2) is 54.7 Å². The average molecular weight is 552 g/mol. The highest BCUT2D eigenvalue weighted by Crippen LogP contribution is 2.28. The maximum atomic E-state index is 10.6. The molecule has 38 heavy (non-hydrogen) atoms. The van der Waals surface area contributed by atoms with E-state index >= 15 is 0 Å². The molecule has 1 saturated heterocycles. The van der Waals surface area contributed by atoms with Crippen molar-refractivity contribution >= 4 is 11.9 Å². The van der Waals surface area contributed by atoms with Gasteiger partial charge in [0.2, 0.25) is 0 Å². The first-order valence-electron chi connectivity index (χ1n) is 11.5. The van der Waals surface area contributed by atoms with Crippen LogP contribution >= 0.6 is 0 Å². The summed E-state index contributed by atoms with van der Waals surface area (Å²) in [5, 5.41) is 14.2. The number of carboxylic acid groups (broad SMARTS) is 2. The molecule has 1 aliphatic heterocycles. The van der Waals surface area contributed by atoms with Crippen molar-refractivity contribution in [1.29, 1.82) is 0 Å². The molecule has 0 bridgehead atoms. The van der Waals surface area contributed by atoms with Crippen LogP contribution in [-0.4, -0.2) is 81.0 Å². The Morgan fingerprint density at radius 3 is 1.89 bits per heavy atom. The fraction of sp³-hybridized carbons (Fsp3) is 0.480. The number of hydrogen-bond donors (Lipinski definition) is 2. The SMILES string of the molecule is CC(C)N(C)[C@@H]1CCN(Cc2ccccn2)[C@H]1Cc1ccccc1.O=C(O)C(F)(F)F.O=C(O)C(F)(F)F. The van der Waals surface area contributed by atoms with Crippen molar-refractivity contribution in [3.8, 4) is 0 Å². The van der Waals surface area contributed by atoms with E-state index in [-0.39, 0.29) is 0 Å². The number of carboxylic acids is 2. The second-order valence-electron chi connectivity index (χ2n) is 8.77. The molecule has 3 rings (SSSR count). The normalized spacial score (nSPS) is 17.9. The molecular weight excluding hydrogens is 520 g/mol. The maximum Gasteiger partial charge on any atom is 0.490 e. The van der Waals surface area contributed by atoms with Crippen molar-refractivity contribution in [1.82, 2.24) is 14.8 Å². The minimum Gasteiger partial charge on any atom is -0.475 e. The summed E-state index contributed by atoms with van der Waals surface area (Å²) in [4.78, 5) is 27.5. The molecule has 2 aromatic rings. The topological polar surface area (TPSA) is 94.0 Å². The van der Waals surface area contributed by atoms with Crippen LogP contribution in [0.25, 0.3) is 0 Å². The standard InChI is InChI=1S/C21H29N3.2C2HF3O2/c1-17(2)23(3)20-12-14-24(16-19-11-7-8-13-22-19)21(20)15-18-9-5-4-6-10-18;2*3-2(4,5)1(6)7/h4-11,13,17,20-21H,12,14-16H2,1-3H3;2*(H,6,7)/t20-,21+;;/m1../s1. The van der Waals surface area contributed by atoms with Gasteiger partial charge in [0.05, 0.1) is 5.69 Å². The Hall–Kier alpha value is -3.19. The average Bonchev–Trinajstić information content (AvgIpc) is 3.21. The number of aromatic nitrogens is 1. The minimum atomic E-state index is -5.08. The monoisotopic (exact) mass is 551 g/mol. The molecule has 1 aliphatic rings. The first kappa shape index (κ1) is 32.8. The Kier molecular flexibility index (Phi) is 12.7. The molecule has 1 aromatic carbocycles. The zero-order valence-electron chi connectivity index (χ0n) is 21.1. The fourth-order valence-electron chi connectivity index (χ4n) is 3.77. The van der Waals surface area contributed by atoms with Gasteiger partial charge in [-0.1, -0.05) is 36.4 Å². The van der Waals surface area contributed by atoms with Crippen molar-refractivity contribution in [2.24, 2.45) is 0 Å². The van der Waals surface area contributed by atoms with Gasteiger partial charge in [-0.15, -0.1) is 0 Å². The van der Waals surface area contributed by atoms with Gasteiger partial charge in [0.25, 0.3) is 0 Å². The van der Waals surface area contributed by atoms with Gasteiger partial charge in [0.15, 0.2) is 0 Å². The summed E-state index contributed by atoms with van der Waals surface area (Å²) < 4.78 is 63.5. The van der Waals surface area contributed by atoms with E-state index in [1.807, 2.05) is 12.3 Å². The van der Waals surface area contributed by atoms with E-state index in [2.05, 4.69) is 78.1 Å². The summed E-state index contributed by atoms with van der Waals surface area (Å²) in [6.45, 7) is 6.68. The molecule has 2 heterocycles. The predicted molar refractivity (Wildman–Crippen MR) is 127 cm³/mol. The number of halogens is 6. The zero-order chi connectivity index (χ0) is 29.1. The highest BCUT2D eigenvalue weighted by Gasteiger charge is 2.39. The number of likely N-dealkylation sites (tertiary alicyclic amines) is 1. The molecule has 0 aliphatic carbocycles. The van der Waals surface area contributed by atoms with E-state index in [1.54, 1.807) is 0 Å². The van der Waals surface area contributed by atoms with Crippen molar-refractivity contribution < 1.29 is 46.1 Å². The third-order valence-electron chi connectivity index (χ3n) is 5.83. The lowest BCUT2D eigenvalue weighted by Gasteiger charge is -2.35. The Morgan fingerprint density at radius 1 is 0.974 bits per heavy atom. The molecule has 0 spiro atoms. The number of benzene rings is 1. The third kappa shape index (κ3) is 11.5. The molecule has 1 aromatic heterocycles.